The van der Waals surface area contributed by atoms with Crippen molar-refractivity contribution in [2.45, 2.75) is 25.8 Å². The Bertz CT molecular complexity index is 500. The quantitative estimate of drug-likeness (QED) is 0.707. The Morgan fingerprint density at radius 1 is 1.16 bits per heavy atom. The van der Waals surface area contributed by atoms with Crippen LogP contribution in [0.25, 0.3) is 0 Å². The van der Waals surface area contributed by atoms with E-state index in [4.69, 9.17) is 27.9 Å². The Morgan fingerprint density at radius 3 is 2.79 bits per heavy atom. The largest absolute Gasteiger partial charge is 0.492 e. The van der Waals surface area contributed by atoms with Crippen molar-refractivity contribution in [2.24, 2.45) is 0 Å². The minimum atomic E-state index is 0.561. The standard InChI is InChI=1S/C14H16Cl2N2O/c15-12-4-5-14(13(16)10-12)19-9-3-1-2-7-18-8-6-17-11-18/h4-6,8,10-11H,1-3,7,9H2. The van der Waals surface area contributed by atoms with Gasteiger partial charge in [-0.1, -0.05) is 23.2 Å². The van der Waals surface area contributed by atoms with Crippen LogP contribution < -0.4 is 4.74 Å². The molecule has 0 amide bonds. The molecule has 1 aromatic carbocycles. The van der Waals surface area contributed by atoms with Crippen LogP contribution in [0, 0.1) is 0 Å². The van der Waals surface area contributed by atoms with Gasteiger partial charge in [-0.05, 0) is 37.5 Å². The van der Waals surface area contributed by atoms with Crippen LogP contribution in [-0.4, -0.2) is 16.2 Å². The molecule has 0 aliphatic rings. The first-order valence-corrected chi connectivity index (χ1v) is 7.05. The van der Waals surface area contributed by atoms with Crippen LogP contribution in [0.2, 0.25) is 10.0 Å². The van der Waals surface area contributed by atoms with Gasteiger partial charge in [0.05, 0.1) is 18.0 Å². The van der Waals surface area contributed by atoms with Gasteiger partial charge in [0.25, 0.3) is 0 Å². The maximum Gasteiger partial charge on any atom is 0.137 e. The predicted molar refractivity (Wildman–Crippen MR) is 78.0 cm³/mol. The molecule has 3 nitrogen and oxygen atoms in total. The monoisotopic (exact) mass is 298 g/mol. The molecule has 0 bridgehead atoms. The summed E-state index contributed by atoms with van der Waals surface area (Å²) in [5, 5.41) is 1.18. The van der Waals surface area contributed by atoms with E-state index >= 15 is 0 Å². The molecular formula is C14H16Cl2N2O. The first-order valence-electron chi connectivity index (χ1n) is 6.29. The topological polar surface area (TPSA) is 27.1 Å². The molecule has 1 aromatic heterocycles. The molecule has 0 saturated carbocycles. The van der Waals surface area contributed by atoms with Crippen LogP contribution in [0.1, 0.15) is 19.3 Å². The van der Waals surface area contributed by atoms with Gasteiger partial charge in [0.2, 0.25) is 0 Å². The molecule has 0 aliphatic heterocycles. The summed E-state index contributed by atoms with van der Waals surface area (Å²) in [7, 11) is 0. The number of unbranched alkanes of at least 4 members (excludes halogenated alkanes) is 2. The number of hydrogen-bond acceptors (Lipinski definition) is 2. The molecule has 102 valence electrons. The third-order valence-electron chi connectivity index (χ3n) is 2.77. The van der Waals surface area contributed by atoms with Gasteiger partial charge in [-0.3, -0.25) is 0 Å². The molecule has 2 aromatic rings. The van der Waals surface area contributed by atoms with Crippen molar-refractivity contribution < 1.29 is 4.74 Å². The minimum absolute atomic E-state index is 0.561. The third-order valence-corrected chi connectivity index (χ3v) is 3.30. The molecule has 19 heavy (non-hydrogen) atoms. The lowest BCUT2D eigenvalue weighted by Crippen LogP contribution is -2.00. The van der Waals surface area contributed by atoms with Crippen molar-refractivity contribution in [3.63, 3.8) is 0 Å². The highest BCUT2D eigenvalue weighted by Crippen LogP contribution is 2.27. The highest BCUT2D eigenvalue weighted by molar-refractivity contribution is 6.35. The molecule has 0 aliphatic carbocycles. The fourth-order valence-electron chi connectivity index (χ4n) is 1.77. The number of nitrogens with zero attached hydrogens (tertiary/aromatic N) is 2. The number of hydrogen-bond donors (Lipinski definition) is 0. The Kier molecular flexibility index (Phi) is 5.55. The average Bonchev–Trinajstić information content (AvgIpc) is 2.89. The lowest BCUT2D eigenvalue weighted by atomic mass is 10.2. The van der Waals surface area contributed by atoms with E-state index in [0.29, 0.717) is 22.4 Å². The van der Waals surface area contributed by atoms with E-state index in [-0.39, 0.29) is 0 Å². The van der Waals surface area contributed by atoms with Gasteiger partial charge < -0.3 is 9.30 Å². The first-order chi connectivity index (χ1) is 9.25. The summed E-state index contributed by atoms with van der Waals surface area (Å²) in [6.07, 6.45) is 8.85. The van der Waals surface area contributed by atoms with Crippen LogP contribution in [0.4, 0.5) is 0 Å². The fourth-order valence-corrected chi connectivity index (χ4v) is 2.23. The van der Waals surface area contributed by atoms with E-state index in [2.05, 4.69) is 9.55 Å². The lowest BCUT2D eigenvalue weighted by molar-refractivity contribution is 0.304. The lowest BCUT2D eigenvalue weighted by Gasteiger charge is -2.08. The van der Waals surface area contributed by atoms with Gasteiger partial charge in [-0.2, -0.15) is 0 Å². The highest BCUT2D eigenvalue weighted by atomic mass is 35.5. The Balaban J connectivity index is 1.61. The summed E-state index contributed by atoms with van der Waals surface area (Å²) >= 11 is 11.8. The van der Waals surface area contributed by atoms with Crippen LogP contribution in [-0.2, 0) is 6.54 Å². The van der Waals surface area contributed by atoms with Gasteiger partial charge in [0, 0.05) is 24.0 Å². The normalized spacial score (nSPS) is 10.6. The zero-order chi connectivity index (χ0) is 13.5. The second-order valence-electron chi connectivity index (χ2n) is 4.28. The van der Waals surface area contributed by atoms with Gasteiger partial charge in [-0.25, -0.2) is 4.98 Å². The van der Waals surface area contributed by atoms with Crippen molar-refractivity contribution >= 4 is 23.2 Å². The minimum Gasteiger partial charge on any atom is -0.492 e. The number of ether oxygens (including phenoxy) is 1. The number of halogens is 2. The van der Waals surface area contributed by atoms with E-state index in [1.807, 2.05) is 12.5 Å². The van der Waals surface area contributed by atoms with Gasteiger partial charge in [-0.15, -0.1) is 0 Å². The fraction of sp³-hybridized carbons (Fsp3) is 0.357. The number of imidazole rings is 1. The predicted octanol–water partition coefficient (Wildman–Crippen LogP) is 4.44. The zero-order valence-corrected chi connectivity index (χ0v) is 12.1. The molecule has 0 radical (unpaired) electrons. The van der Waals surface area contributed by atoms with Crippen LogP contribution >= 0.6 is 23.2 Å². The van der Waals surface area contributed by atoms with Crippen molar-refractivity contribution in [2.75, 3.05) is 6.61 Å². The number of aryl methyl sites for hydroxylation is 1. The van der Waals surface area contributed by atoms with Crippen LogP contribution in [0.15, 0.2) is 36.9 Å². The molecule has 5 heteroatoms. The third kappa shape index (κ3) is 4.77. The van der Waals surface area contributed by atoms with Crippen molar-refractivity contribution in [1.82, 2.24) is 9.55 Å². The second-order valence-corrected chi connectivity index (χ2v) is 5.13. The van der Waals surface area contributed by atoms with E-state index in [0.717, 1.165) is 25.8 Å². The van der Waals surface area contributed by atoms with Gasteiger partial charge in [0.15, 0.2) is 0 Å². The number of rotatable bonds is 7. The van der Waals surface area contributed by atoms with Gasteiger partial charge >= 0.3 is 0 Å². The summed E-state index contributed by atoms with van der Waals surface area (Å²) in [4.78, 5) is 4.01. The molecule has 0 spiro atoms. The molecule has 1 heterocycles. The van der Waals surface area contributed by atoms with Crippen LogP contribution in [0.3, 0.4) is 0 Å². The van der Waals surface area contributed by atoms with E-state index < -0.39 is 0 Å². The highest BCUT2D eigenvalue weighted by Gasteiger charge is 2.01. The van der Waals surface area contributed by atoms with Crippen molar-refractivity contribution in [3.8, 4) is 5.75 Å². The zero-order valence-electron chi connectivity index (χ0n) is 10.6. The van der Waals surface area contributed by atoms with E-state index in [1.54, 1.807) is 24.4 Å². The summed E-state index contributed by atoms with van der Waals surface area (Å²) in [6.45, 7) is 1.67. The first kappa shape index (κ1) is 14.2. The Hall–Kier alpha value is -1.19. The van der Waals surface area contributed by atoms with Crippen molar-refractivity contribution in [1.29, 1.82) is 0 Å². The molecule has 0 N–H and O–H groups in total. The molecule has 0 unspecified atom stereocenters. The molecule has 0 atom stereocenters. The number of benzene rings is 1. The Morgan fingerprint density at radius 2 is 2.05 bits per heavy atom. The van der Waals surface area contributed by atoms with Crippen LogP contribution in [0.5, 0.6) is 5.75 Å². The summed E-state index contributed by atoms with van der Waals surface area (Å²) < 4.78 is 7.70. The number of aromatic nitrogens is 2. The summed E-state index contributed by atoms with van der Waals surface area (Å²) in [6, 6.07) is 5.27. The summed E-state index contributed by atoms with van der Waals surface area (Å²) in [5.41, 5.74) is 0. The molecule has 0 fully saturated rings. The summed E-state index contributed by atoms with van der Waals surface area (Å²) in [5.74, 6) is 0.695. The second kappa shape index (κ2) is 7.41. The average molecular weight is 299 g/mol. The maximum atomic E-state index is 6.02. The van der Waals surface area contributed by atoms with Gasteiger partial charge in [0.1, 0.15) is 5.75 Å². The van der Waals surface area contributed by atoms with E-state index in [9.17, 15) is 0 Å². The molecular weight excluding hydrogens is 283 g/mol. The maximum absolute atomic E-state index is 6.02. The van der Waals surface area contributed by atoms with Crippen molar-refractivity contribution in [3.05, 3.63) is 47.0 Å². The van der Waals surface area contributed by atoms with E-state index in [1.165, 1.54) is 0 Å². The Labute approximate surface area is 123 Å². The molecule has 0 saturated heterocycles. The SMILES string of the molecule is Clc1ccc(OCCCCCn2ccnc2)c(Cl)c1. The smallest absolute Gasteiger partial charge is 0.137 e. The molecule has 2 rings (SSSR count).